The number of thiophene rings is 1. The largest absolute Gasteiger partial charge is 0.465 e. The zero-order valence-electron chi connectivity index (χ0n) is 10.9. The standard InChI is InChI=1S/C11H16N2O4S2.ClH/c1-17-11(14)10-5-9(7-18-10)19(15,16)13-4-2-3-8(13)6-12;/h5,7-8H,2-4,6,12H2,1H3;1H. The lowest BCUT2D eigenvalue weighted by atomic mass is 10.2. The number of hydrogen-bond donors (Lipinski definition) is 1. The maximum Gasteiger partial charge on any atom is 0.348 e. The molecule has 20 heavy (non-hydrogen) atoms. The smallest absolute Gasteiger partial charge is 0.348 e. The summed E-state index contributed by atoms with van der Waals surface area (Å²) in [5.41, 5.74) is 5.60. The Hall–Kier alpha value is -0.670. The average Bonchev–Trinajstić information content (AvgIpc) is 3.06. The molecule has 1 aromatic rings. The number of methoxy groups -OCH3 is 1. The van der Waals surface area contributed by atoms with Crippen LogP contribution >= 0.6 is 23.7 Å². The van der Waals surface area contributed by atoms with Crippen LogP contribution in [0.3, 0.4) is 0 Å². The molecule has 1 saturated heterocycles. The number of esters is 1. The molecular weight excluding hydrogens is 324 g/mol. The molecule has 0 aromatic carbocycles. The highest BCUT2D eigenvalue weighted by atomic mass is 35.5. The van der Waals surface area contributed by atoms with Gasteiger partial charge >= 0.3 is 5.97 Å². The Kier molecular flexibility index (Phi) is 5.96. The molecule has 0 radical (unpaired) electrons. The molecule has 0 saturated carbocycles. The maximum atomic E-state index is 12.5. The van der Waals surface area contributed by atoms with Crippen molar-refractivity contribution in [3.63, 3.8) is 0 Å². The zero-order valence-corrected chi connectivity index (χ0v) is 13.4. The van der Waals surface area contributed by atoms with Crippen molar-refractivity contribution in [1.29, 1.82) is 0 Å². The van der Waals surface area contributed by atoms with E-state index in [1.165, 1.54) is 22.9 Å². The predicted molar refractivity (Wildman–Crippen MR) is 78.9 cm³/mol. The second kappa shape index (κ2) is 6.86. The molecule has 6 nitrogen and oxygen atoms in total. The van der Waals surface area contributed by atoms with Gasteiger partial charge in [0.25, 0.3) is 0 Å². The van der Waals surface area contributed by atoms with Gasteiger partial charge in [-0.15, -0.1) is 23.7 Å². The number of carbonyl (C=O) groups is 1. The molecule has 0 amide bonds. The molecular formula is C11H17ClN2O4S2. The fourth-order valence-electron chi connectivity index (χ4n) is 2.16. The van der Waals surface area contributed by atoms with Crippen LogP contribution in [-0.4, -0.2) is 44.9 Å². The molecule has 2 N–H and O–H groups in total. The van der Waals surface area contributed by atoms with Crippen molar-refractivity contribution in [1.82, 2.24) is 4.31 Å². The summed E-state index contributed by atoms with van der Waals surface area (Å²) in [5, 5.41) is 1.47. The summed E-state index contributed by atoms with van der Waals surface area (Å²) in [4.78, 5) is 11.8. The van der Waals surface area contributed by atoms with Crippen LogP contribution in [0.15, 0.2) is 16.3 Å². The van der Waals surface area contributed by atoms with Gasteiger partial charge in [-0.2, -0.15) is 4.31 Å². The van der Waals surface area contributed by atoms with E-state index in [4.69, 9.17) is 5.73 Å². The fourth-order valence-corrected chi connectivity index (χ4v) is 5.04. The zero-order chi connectivity index (χ0) is 14.0. The van der Waals surface area contributed by atoms with Gasteiger partial charge in [-0.25, -0.2) is 13.2 Å². The Bertz CT molecular complexity index is 573. The molecule has 2 heterocycles. The van der Waals surface area contributed by atoms with E-state index in [0.717, 1.165) is 24.2 Å². The molecule has 1 aromatic heterocycles. The van der Waals surface area contributed by atoms with Crippen molar-refractivity contribution in [3.8, 4) is 0 Å². The third-order valence-corrected chi connectivity index (χ3v) is 6.15. The predicted octanol–water partition coefficient (Wildman–Crippen LogP) is 1.07. The summed E-state index contributed by atoms with van der Waals surface area (Å²) in [7, 11) is -2.30. The van der Waals surface area contributed by atoms with Gasteiger partial charge in [-0.05, 0) is 18.9 Å². The molecule has 2 rings (SSSR count). The van der Waals surface area contributed by atoms with Crippen molar-refractivity contribution < 1.29 is 17.9 Å². The van der Waals surface area contributed by atoms with Gasteiger partial charge < -0.3 is 10.5 Å². The van der Waals surface area contributed by atoms with Crippen LogP contribution in [-0.2, 0) is 14.8 Å². The van der Waals surface area contributed by atoms with Gasteiger partial charge in [0, 0.05) is 24.5 Å². The van der Waals surface area contributed by atoms with Gasteiger partial charge in [0.15, 0.2) is 0 Å². The first-order valence-corrected chi connectivity index (χ1v) is 8.21. The van der Waals surface area contributed by atoms with E-state index < -0.39 is 16.0 Å². The lowest BCUT2D eigenvalue weighted by Crippen LogP contribution is -2.39. The van der Waals surface area contributed by atoms with Crippen molar-refractivity contribution in [2.75, 3.05) is 20.2 Å². The summed E-state index contributed by atoms with van der Waals surface area (Å²) in [6.45, 7) is 0.792. The second-order valence-corrected chi connectivity index (χ2v) is 7.09. The van der Waals surface area contributed by atoms with Crippen LogP contribution in [0, 0.1) is 0 Å². The number of carbonyl (C=O) groups excluding carboxylic acids is 1. The topological polar surface area (TPSA) is 89.7 Å². The summed E-state index contributed by atoms with van der Waals surface area (Å²) < 4.78 is 30.9. The Labute approximate surface area is 128 Å². The molecule has 0 aliphatic carbocycles. The second-order valence-electron chi connectivity index (χ2n) is 4.29. The van der Waals surface area contributed by atoms with Gasteiger partial charge in [0.1, 0.15) is 4.88 Å². The summed E-state index contributed by atoms with van der Waals surface area (Å²) in [5.74, 6) is -0.525. The number of ether oxygens (including phenoxy) is 1. The molecule has 1 fully saturated rings. The molecule has 0 spiro atoms. The molecule has 1 aliphatic rings. The third-order valence-electron chi connectivity index (χ3n) is 3.16. The van der Waals surface area contributed by atoms with E-state index in [9.17, 15) is 13.2 Å². The minimum Gasteiger partial charge on any atom is -0.465 e. The third kappa shape index (κ3) is 3.15. The fraction of sp³-hybridized carbons (Fsp3) is 0.545. The van der Waals surface area contributed by atoms with Crippen molar-refractivity contribution in [3.05, 3.63) is 16.3 Å². The molecule has 1 aliphatic heterocycles. The first kappa shape index (κ1) is 17.4. The van der Waals surface area contributed by atoms with Crippen LogP contribution in [0.1, 0.15) is 22.5 Å². The molecule has 1 unspecified atom stereocenters. The molecule has 0 bridgehead atoms. The maximum absolute atomic E-state index is 12.5. The van der Waals surface area contributed by atoms with Crippen molar-refractivity contribution in [2.24, 2.45) is 5.73 Å². The number of halogens is 1. The number of sulfonamides is 1. The van der Waals surface area contributed by atoms with Crippen LogP contribution in [0.4, 0.5) is 0 Å². The minimum absolute atomic E-state index is 0. The normalized spacial score (nSPS) is 19.6. The Balaban J connectivity index is 0.00000200. The van der Waals surface area contributed by atoms with Gasteiger partial charge in [0.2, 0.25) is 10.0 Å². The van der Waals surface area contributed by atoms with Crippen LogP contribution in [0.25, 0.3) is 0 Å². The van der Waals surface area contributed by atoms with E-state index in [1.54, 1.807) is 0 Å². The highest BCUT2D eigenvalue weighted by Crippen LogP contribution is 2.28. The number of nitrogens with two attached hydrogens (primary N) is 1. The number of nitrogens with zero attached hydrogens (tertiary/aromatic N) is 1. The molecule has 114 valence electrons. The number of rotatable bonds is 4. The Morgan fingerprint density at radius 2 is 2.30 bits per heavy atom. The van der Waals surface area contributed by atoms with Crippen molar-refractivity contribution in [2.45, 2.75) is 23.8 Å². The molecule has 1 atom stereocenters. The van der Waals surface area contributed by atoms with Crippen molar-refractivity contribution >= 4 is 39.7 Å². The van der Waals surface area contributed by atoms with Crippen LogP contribution in [0.2, 0.25) is 0 Å². The quantitative estimate of drug-likeness (QED) is 0.828. The van der Waals surface area contributed by atoms with E-state index in [0.29, 0.717) is 13.1 Å². The highest BCUT2D eigenvalue weighted by Gasteiger charge is 2.35. The lowest BCUT2D eigenvalue weighted by Gasteiger charge is -2.22. The van der Waals surface area contributed by atoms with Gasteiger partial charge in [0.05, 0.1) is 12.0 Å². The van der Waals surface area contributed by atoms with E-state index in [1.807, 2.05) is 0 Å². The molecule has 9 heteroatoms. The Morgan fingerprint density at radius 1 is 1.60 bits per heavy atom. The summed E-state index contributed by atoms with van der Waals surface area (Å²) >= 11 is 1.07. The van der Waals surface area contributed by atoms with E-state index in [2.05, 4.69) is 4.74 Å². The van der Waals surface area contributed by atoms with Crippen LogP contribution < -0.4 is 5.73 Å². The first-order valence-electron chi connectivity index (χ1n) is 5.89. The van der Waals surface area contributed by atoms with E-state index in [-0.39, 0.29) is 28.2 Å². The van der Waals surface area contributed by atoms with Crippen LogP contribution in [0.5, 0.6) is 0 Å². The summed E-state index contributed by atoms with van der Waals surface area (Å²) in [6, 6.07) is 1.21. The SMILES string of the molecule is COC(=O)c1cc(S(=O)(=O)N2CCCC2CN)cs1.Cl. The minimum atomic E-state index is -3.56. The van der Waals surface area contributed by atoms with Gasteiger partial charge in [-0.3, -0.25) is 0 Å². The van der Waals surface area contributed by atoms with E-state index >= 15 is 0 Å². The Morgan fingerprint density at radius 3 is 2.90 bits per heavy atom. The monoisotopic (exact) mass is 340 g/mol. The average molecular weight is 341 g/mol. The highest BCUT2D eigenvalue weighted by molar-refractivity contribution is 7.89. The number of hydrogen-bond acceptors (Lipinski definition) is 6. The van der Waals surface area contributed by atoms with Gasteiger partial charge in [-0.1, -0.05) is 0 Å². The lowest BCUT2D eigenvalue weighted by molar-refractivity contribution is 0.0606. The summed E-state index contributed by atoms with van der Waals surface area (Å²) in [6.07, 6.45) is 1.60. The first-order chi connectivity index (χ1) is 9.00.